The van der Waals surface area contributed by atoms with Crippen LogP contribution in [0.5, 0.6) is 0 Å². The molecule has 0 spiro atoms. The van der Waals surface area contributed by atoms with E-state index < -0.39 is 18.0 Å². The van der Waals surface area contributed by atoms with Gasteiger partial charge < -0.3 is 15.2 Å². The van der Waals surface area contributed by atoms with E-state index in [1.807, 2.05) is 30.3 Å². The first kappa shape index (κ1) is 17.5. The van der Waals surface area contributed by atoms with E-state index in [2.05, 4.69) is 0 Å². The number of hydrogen-bond acceptors (Lipinski definition) is 7. The van der Waals surface area contributed by atoms with E-state index in [1.165, 1.54) is 23.6 Å². The van der Waals surface area contributed by atoms with Crippen LogP contribution in [0.15, 0.2) is 41.6 Å². The third-order valence-electron chi connectivity index (χ3n) is 3.94. The Morgan fingerprint density at radius 3 is 2.64 bits per heavy atom. The molecule has 2 aliphatic heterocycles. The zero-order valence-corrected chi connectivity index (χ0v) is 14.5. The average molecular weight is 362 g/mol. The van der Waals surface area contributed by atoms with Crippen molar-refractivity contribution in [3.05, 3.63) is 47.2 Å². The van der Waals surface area contributed by atoms with E-state index in [0.717, 1.165) is 5.56 Å². The number of thioether (sulfide) groups is 1. The van der Waals surface area contributed by atoms with Crippen molar-refractivity contribution >= 4 is 29.6 Å². The van der Waals surface area contributed by atoms with Crippen LogP contribution in [0, 0.1) is 0 Å². The fraction of sp³-hybridized carbons (Fsp3) is 0.353. The van der Waals surface area contributed by atoms with Gasteiger partial charge in [0.05, 0.1) is 0 Å². The van der Waals surface area contributed by atoms with Crippen molar-refractivity contribution in [2.75, 3.05) is 12.4 Å². The Kier molecular flexibility index (Phi) is 5.10. The van der Waals surface area contributed by atoms with E-state index in [0.29, 0.717) is 11.3 Å². The number of benzene rings is 1. The lowest BCUT2D eigenvalue weighted by Crippen LogP contribution is -2.68. The lowest BCUT2D eigenvalue weighted by atomic mass is 10.0. The second-order valence-corrected chi connectivity index (χ2v) is 6.83. The van der Waals surface area contributed by atoms with Crippen molar-refractivity contribution in [2.45, 2.75) is 24.9 Å². The summed E-state index contributed by atoms with van der Waals surface area (Å²) in [6.45, 7) is 1.33. The van der Waals surface area contributed by atoms with Gasteiger partial charge in [-0.2, -0.15) is 0 Å². The number of hydrogen-bond donors (Lipinski definition) is 1. The molecule has 1 saturated heterocycles. The van der Waals surface area contributed by atoms with Gasteiger partial charge in [-0.15, -0.1) is 11.8 Å². The van der Waals surface area contributed by atoms with Gasteiger partial charge in [0, 0.05) is 18.2 Å². The summed E-state index contributed by atoms with van der Waals surface area (Å²) < 4.78 is 10.4. The van der Waals surface area contributed by atoms with Crippen LogP contribution in [0.2, 0.25) is 0 Å². The third-order valence-corrected chi connectivity index (χ3v) is 5.30. The molecule has 3 rings (SSSR count). The molecular weight excluding hydrogens is 344 g/mol. The van der Waals surface area contributed by atoms with Crippen LogP contribution in [0.3, 0.4) is 0 Å². The first-order valence-corrected chi connectivity index (χ1v) is 8.80. The standard InChI is InChI=1S/C17H18N2O5S/c1-10(20)23-8-12-9-25-16-13(18)15(21)19(16)14(12)17(22)24-7-11-5-3-2-4-6-11/h2-6,13,16H,7-9,18H2,1H3/t13-,16-/m1/s1. The summed E-state index contributed by atoms with van der Waals surface area (Å²) in [7, 11) is 0. The van der Waals surface area contributed by atoms with Crippen molar-refractivity contribution in [1.82, 2.24) is 4.90 Å². The highest BCUT2D eigenvalue weighted by molar-refractivity contribution is 8.00. The Labute approximate surface area is 149 Å². The predicted molar refractivity (Wildman–Crippen MR) is 91.0 cm³/mol. The minimum Gasteiger partial charge on any atom is -0.461 e. The lowest BCUT2D eigenvalue weighted by Gasteiger charge is -2.48. The number of rotatable bonds is 5. The van der Waals surface area contributed by atoms with Crippen molar-refractivity contribution in [3.63, 3.8) is 0 Å². The Morgan fingerprint density at radius 1 is 1.24 bits per heavy atom. The number of ether oxygens (including phenoxy) is 2. The summed E-state index contributed by atoms with van der Waals surface area (Å²) in [4.78, 5) is 37.1. The van der Waals surface area contributed by atoms with Crippen molar-refractivity contribution in [1.29, 1.82) is 0 Å². The molecule has 0 bridgehead atoms. The molecule has 0 radical (unpaired) electrons. The minimum atomic E-state index is -0.628. The number of esters is 2. The maximum Gasteiger partial charge on any atom is 0.355 e. The van der Waals surface area contributed by atoms with E-state index in [1.54, 1.807) is 0 Å². The molecule has 8 heteroatoms. The molecule has 1 fully saturated rings. The number of carbonyl (C=O) groups is 3. The molecule has 2 N–H and O–H groups in total. The molecule has 2 aliphatic rings. The number of carbonyl (C=O) groups excluding carboxylic acids is 3. The first-order chi connectivity index (χ1) is 12.0. The summed E-state index contributed by atoms with van der Waals surface area (Å²) in [5, 5.41) is -0.284. The Balaban J connectivity index is 1.79. The molecule has 0 aromatic heterocycles. The zero-order chi connectivity index (χ0) is 18.0. The van der Waals surface area contributed by atoms with Gasteiger partial charge in [0.1, 0.15) is 30.3 Å². The van der Waals surface area contributed by atoms with Crippen LogP contribution in [-0.4, -0.2) is 46.5 Å². The number of fused-ring (bicyclic) bond motifs is 1. The van der Waals surface area contributed by atoms with Gasteiger partial charge in [-0.1, -0.05) is 30.3 Å². The molecule has 132 valence electrons. The Morgan fingerprint density at radius 2 is 1.96 bits per heavy atom. The van der Waals surface area contributed by atoms with Gasteiger partial charge in [0.2, 0.25) is 5.91 Å². The highest BCUT2D eigenvalue weighted by atomic mass is 32.2. The van der Waals surface area contributed by atoms with Gasteiger partial charge in [0.15, 0.2) is 0 Å². The third kappa shape index (κ3) is 3.54. The minimum absolute atomic E-state index is 0.0517. The molecule has 7 nitrogen and oxygen atoms in total. The molecule has 1 aromatic rings. The maximum absolute atomic E-state index is 12.6. The quantitative estimate of drug-likeness (QED) is 0.611. The monoisotopic (exact) mass is 362 g/mol. The molecule has 2 heterocycles. The summed E-state index contributed by atoms with van der Waals surface area (Å²) in [5.74, 6) is -0.949. The Hall–Kier alpha value is -2.32. The second kappa shape index (κ2) is 7.28. The van der Waals surface area contributed by atoms with Gasteiger partial charge in [0.25, 0.3) is 0 Å². The van der Waals surface area contributed by atoms with Crippen LogP contribution in [0.1, 0.15) is 12.5 Å². The normalized spacial score (nSPS) is 22.2. The highest BCUT2D eigenvalue weighted by Crippen LogP contribution is 2.39. The summed E-state index contributed by atoms with van der Waals surface area (Å²) >= 11 is 1.44. The van der Waals surface area contributed by atoms with Crippen molar-refractivity contribution in [2.24, 2.45) is 5.73 Å². The molecule has 1 amide bonds. The summed E-state index contributed by atoms with van der Waals surface area (Å²) in [5.41, 5.74) is 7.34. The second-order valence-electron chi connectivity index (χ2n) is 5.73. The average Bonchev–Trinajstić information content (AvgIpc) is 2.63. The highest BCUT2D eigenvalue weighted by Gasteiger charge is 2.52. The summed E-state index contributed by atoms with van der Waals surface area (Å²) in [6.07, 6.45) is 0. The van der Waals surface area contributed by atoms with Gasteiger partial charge >= 0.3 is 11.9 Å². The van der Waals surface area contributed by atoms with Crippen molar-refractivity contribution < 1.29 is 23.9 Å². The molecule has 25 heavy (non-hydrogen) atoms. The Bertz CT molecular complexity index is 734. The van der Waals surface area contributed by atoms with E-state index in [9.17, 15) is 14.4 Å². The number of nitrogens with zero attached hydrogens (tertiary/aromatic N) is 1. The topological polar surface area (TPSA) is 98.9 Å². The van der Waals surface area contributed by atoms with Gasteiger partial charge in [-0.25, -0.2) is 4.79 Å². The molecule has 0 aliphatic carbocycles. The fourth-order valence-electron chi connectivity index (χ4n) is 2.66. The van der Waals surface area contributed by atoms with Crippen LogP contribution in [0.4, 0.5) is 0 Å². The van der Waals surface area contributed by atoms with Crippen molar-refractivity contribution in [3.8, 4) is 0 Å². The van der Waals surface area contributed by atoms with Gasteiger partial charge in [-0.05, 0) is 5.56 Å². The smallest absolute Gasteiger partial charge is 0.355 e. The number of amides is 1. The number of nitrogens with two attached hydrogens (primary N) is 1. The maximum atomic E-state index is 12.6. The molecule has 0 saturated carbocycles. The predicted octanol–water partition coefficient (Wildman–Crippen LogP) is 0.789. The fourth-order valence-corrected chi connectivity index (χ4v) is 3.93. The molecule has 1 aromatic carbocycles. The van der Waals surface area contributed by atoms with Gasteiger partial charge in [-0.3, -0.25) is 14.5 Å². The lowest BCUT2D eigenvalue weighted by molar-refractivity contribution is -0.151. The molecular formula is C17H18N2O5S. The van der Waals surface area contributed by atoms with E-state index >= 15 is 0 Å². The molecule has 2 atom stereocenters. The van der Waals surface area contributed by atoms with E-state index in [-0.39, 0.29) is 30.2 Å². The van der Waals surface area contributed by atoms with Crippen LogP contribution in [0.25, 0.3) is 0 Å². The first-order valence-electron chi connectivity index (χ1n) is 7.75. The zero-order valence-electron chi connectivity index (χ0n) is 13.6. The van der Waals surface area contributed by atoms with E-state index in [4.69, 9.17) is 15.2 Å². The summed E-state index contributed by atoms with van der Waals surface area (Å²) in [6, 6.07) is 8.61. The van der Waals surface area contributed by atoms with Crippen LogP contribution in [-0.2, 0) is 30.5 Å². The largest absolute Gasteiger partial charge is 0.461 e. The molecule has 0 unspecified atom stereocenters. The van der Waals surface area contributed by atoms with Crippen LogP contribution >= 0.6 is 11.8 Å². The number of β-lactam (4-membered cyclic amide) rings is 1. The van der Waals surface area contributed by atoms with Crippen LogP contribution < -0.4 is 5.73 Å². The SMILES string of the molecule is CC(=O)OCC1=C(C(=O)OCc2ccccc2)N2C(=O)[C@@H](N)[C@H]2SC1.